The number of anilines is 1. The van der Waals surface area contributed by atoms with Crippen LogP contribution < -0.4 is 4.90 Å². The lowest BCUT2D eigenvalue weighted by Gasteiger charge is -2.30. The van der Waals surface area contributed by atoms with Crippen LogP contribution in [0, 0.1) is 0 Å². The molecule has 0 saturated carbocycles. The van der Waals surface area contributed by atoms with Crippen molar-refractivity contribution in [3.05, 3.63) is 30.5 Å². The Morgan fingerprint density at radius 3 is 3.19 bits per heavy atom. The second-order valence-electron chi connectivity index (χ2n) is 3.78. The summed E-state index contributed by atoms with van der Waals surface area (Å²) in [4.78, 5) is 1.64. The molecule has 1 unspecified atom stereocenters. The summed E-state index contributed by atoms with van der Waals surface area (Å²) in [5, 5.41) is 4.33. The molecule has 0 radical (unpaired) electrons. The van der Waals surface area contributed by atoms with E-state index in [2.05, 4.69) is 5.10 Å². The van der Waals surface area contributed by atoms with Crippen molar-refractivity contribution >= 4 is 11.3 Å². The molecular weight excluding hydrogens is 209 g/mol. The normalized spacial score (nSPS) is 21.6. The fraction of sp³-hybridized carbons (Fsp3) is 0.364. The van der Waals surface area contributed by atoms with Crippen LogP contribution >= 0.6 is 0 Å². The van der Waals surface area contributed by atoms with E-state index in [1.165, 1.54) is 0 Å². The molecule has 0 bridgehead atoms. The molecule has 0 N–H and O–H groups in total. The van der Waals surface area contributed by atoms with Gasteiger partial charge in [0.25, 0.3) is 0 Å². The van der Waals surface area contributed by atoms with E-state index >= 15 is 0 Å². The van der Waals surface area contributed by atoms with Crippen molar-refractivity contribution < 1.29 is 9.13 Å². The summed E-state index contributed by atoms with van der Waals surface area (Å²) >= 11 is 0. The van der Waals surface area contributed by atoms with Crippen molar-refractivity contribution in [3.8, 4) is 0 Å². The zero-order chi connectivity index (χ0) is 11.0. The van der Waals surface area contributed by atoms with Gasteiger partial charge >= 0.3 is 0 Å². The highest BCUT2D eigenvalue weighted by atomic mass is 19.1. The monoisotopic (exact) mass is 221 g/mol. The number of hydrogen-bond donors (Lipinski definition) is 0. The van der Waals surface area contributed by atoms with Crippen molar-refractivity contribution in [2.24, 2.45) is 0 Å². The van der Waals surface area contributed by atoms with Crippen LogP contribution in [-0.4, -0.2) is 35.7 Å². The van der Waals surface area contributed by atoms with Crippen LogP contribution in [0.5, 0.6) is 0 Å². The van der Waals surface area contributed by atoms with Gasteiger partial charge in [0.15, 0.2) is 12.1 Å². The van der Waals surface area contributed by atoms with Crippen LogP contribution in [0.3, 0.4) is 0 Å². The predicted molar refractivity (Wildman–Crippen MR) is 58.3 cm³/mol. The minimum atomic E-state index is -1.10. The lowest BCUT2D eigenvalue weighted by molar-refractivity contribution is 0.0491. The Morgan fingerprint density at radius 2 is 2.38 bits per heavy atom. The predicted octanol–water partition coefficient (Wildman–Crippen LogP) is 1.47. The number of aromatic nitrogens is 2. The van der Waals surface area contributed by atoms with Crippen molar-refractivity contribution in [3.63, 3.8) is 0 Å². The molecule has 3 rings (SSSR count). The number of halogens is 1. The van der Waals surface area contributed by atoms with Crippen LogP contribution in [-0.2, 0) is 4.74 Å². The van der Waals surface area contributed by atoms with Crippen molar-refractivity contribution in [2.45, 2.75) is 6.30 Å². The summed E-state index contributed by atoms with van der Waals surface area (Å²) in [6.07, 6.45) is 0.755. The first kappa shape index (κ1) is 9.59. The maximum Gasteiger partial charge on any atom is 0.197 e. The Kier molecular flexibility index (Phi) is 2.25. The Hall–Kier alpha value is -1.62. The maximum atomic E-state index is 13.6. The average molecular weight is 221 g/mol. The van der Waals surface area contributed by atoms with Crippen LogP contribution in [0.15, 0.2) is 30.5 Å². The molecule has 84 valence electrons. The average Bonchev–Trinajstić information content (AvgIpc) is 2.73. The van der Waals surface area contributed by atoms with Crippen molar-refractivity contribution in [1.29, 1.82) is 0 Å². The first-order valence-electron chi connectivity index (χ1n) is 5.27. The number of pyridine rings is 1. The van der Waals surface area contributed by atoms with Crippen molar-refractivity contribution in [2.75, 3.05) is 24.7 Å². The molecule has 1 aliphatic rings. The third kappa shape index (κ3) is 1.53. The van der Waals surface area contributed by atoms with E-state index < -0.39 is 6.30 Å². The summed E-state index contributed by atoms with van der Waals surface area (Å²) in [6.45, 7) is 1.22. The molecule has 1 saturated heterocycles. The molecule has 3 heterocycles. The van der Waals surface area contributed by atoms with Gasteiger partial charge in [-0.05, 0) is 12.1 Å². The second kappa shape index (κ2) is 3.75. The lowest BCUT2D eigenvalue weighted by Crippen LogP contribution is -2.43. The third-order valence-electron chi connectivity index (χ3n) is 2.72. The van der Waals surface area contributed by atoms with E-state index in [9.17, 15) is 4.39 Å². The van der Waals surface area contributed by atoms with E-state index in [-0.39, 0.29) is 6.61 Å². The van der Waals surface area contributed by atoms with Crippen LogP contribution in [0.1, 0.15) is 0 Å². The second-order valence-corrected chi connectivity index (χ2v) is 3.78. The quantitative estimate of drug-likeness (QED) is 0.683. The van der Waals surface area contributed by atoms with Gasteiger partial charge in [0.2, 0.25) is 0 Å². The van der Waals surface area contributed by atoms with Gasteiger partial charge in [0.1, 0.15) is 0 Å². The molecule has 0 aromatic carbocycles. The largest absolute Gasteiger partial charge is 0.375 e. The number of alkyl halides is 1. The van der Waals surface area contributed by atoms with Gasteiger partial charge in [-0.1, -0.05) is 6.07 Å². The van der Waals surface area contributed by atoms with Crippen LogP contribution in [0.4, 0.5) is 10.2 Å². The number of nitrogens with zero attached hydrogens (tertiary/aromatic N) is 3. The van der Waals surface area contributed by atoms with Crippen LogP contribution in [0.2, 0.25) is 0 Å². The number of ether oxygens (including phenoxy) is 1. The molecule has 1 fully saturated rings. The van der Waals surface area contributed by atoms with E-state index in [1.54, 1.807) is 9.42 Å². The highest BCUT2D eigenvalue weighted by molar-refractivity contribution is 5.56. The van der Waals surface area contributed by atoms with Gasteiger partial charge < -0.3 is 9.64 Å². The van der Waals surface area contributed by atoms with E-state index in [1.807, 2.05) is 30.5 Å². The standard InChI is InChI=1S/C11H12FN3O/c12-10-8-16-6-5-14(10)11-7-9-3-1-2-4-15(9)13-11/h1-4,7,10H,5-6,8H2. The highest BCUT2D eigenvalue weighted by Crippen LogP contribution is 2.20. The number of fused-ring (bicyclic) bond motifs is 1. The minimum Gasteiger partial charge on any atom is -0.375 e. The van der Waals surface area contributed by atoms with E-state index in [4.69, 9.17) is 4.74 Å². The van der Waals surface area contributed by atoms with Gasteiger partial charge in [-0.15, -0.1) is 0 Å². The zero-order valence-corrected chi connectivity index (χ0v) is 8.71. The summed E-state index contributed by atoms with van der Waals surface area (Å²) in [5.41, 5.74) is 0.969. The molecular formula is C11H12FN3O. The highest BCUT2D eigenvalue weighted by Gasteiger charge is 2.24. The molecule has 5 heteroatoms. The van der Waals surface area contributed by atoms with Crippen LogP contribution in [0.25, 0.3) is 5.52 Å². The fourth-order valence-corrected chi connectivity index (χ4v) is 1.90. The third-order valence-corrected chi connectivity index (χ3v) is 2.72. The van der Waals surface area contributed by atoms with Gasteiger partial charge in [-0.2, -0.15) is 5.10 Å². The fourth-order valence-electron chi connectivity index (χ4n) is 1.90. The Balaban J connectivity index is 1.98. The molecule has 2 aromatic rings. The molecule has 0 aliphatic carbocycles. The topological polar surface area (TPSA) is 29.8 Å². The number of hydrogen-bond acceptors (Lipinski definition) is 3. The number of rotatable bonds is 1. The van der Waals surface area contributed by atoms with Gasteiger partial charge in [0, 0.05) is 18.8 Å². The van der Waals surface area contributed by atoms with E-state index in [0.717, 1.165) is 5.52 Å². The summed E-state index contributed by atoms with van der Waals surface area (Å²) in [6, 6.07) is 7.67. The molecule has 0 amide bonds. The molecule has 0 spiro atoms. The van der Waals surface area contributed by atoms with Gasteiger partial charge in [-0.3, -0.25) is 0 Å². The SMILES string of the molecule is FC1COCCN1c1cc2ccccn2n1. The van der Waals surface area contributed by atoms with Gasteiger partial charge in [-0.25, -0.2) is 8.91 Å². The molecule has 2 aromatic heterocycles. The Labute approximate surface area is 92.2 Å². The van der Waals surface area contributed by atoms with Gasteiger partial charge in [0.05, 0.1) is 18.7 Å². The first-order valence-corrected chi connectivity index (χ1v) is 5.27. The minimum absolute atomic E-state index is 0.119. The maximum absolute atomic E-state index is 13.6. The van der Waals surface area contributed by atoms with Crippen molar-refractivity contribution in [1.82, 2.24) is 9.61 Å². The summed E-state index contributed by atoms with van der Waals surface area (Å²) in [5.74, 6) is 0.669. The van der Waals surface area contributed by atoms with E-state index in [0.29, 0.717) is 19.0 Å². The molecule has 1 atom stereocenters. The zero-order valence-electron chi connectivity index (χ0n) is 8.71. The molecule has 1 aliphatic heterocycles. The summed E-state index contributed by atoms with van der Waals surface area (Å²) < 4.78 is 20.4. The smallest absolute Gasteiger partial charge is 0.197 e. The first-order chi connectivity index (χ1) is 7.84. The molecule has 4 nitrogen and oxygen atoms in total. The number of morpholine rings is 1. The Morgan fingerprint density at radius 1 is 1.44 bits per heavy atom. The summed E-state index contributed by atoms with van der Waals surface area (Å²) in [7, 11) is 0. The lowest BCUT2D eigenvalue weighted by atomic mass is 10.3. The Bertz CT molecular complexity index is 466. The molecule has 16 heavy (non-hydrogen) atoms.